The van der Waals surface area contributed by atoms with Gasteiger partial charge in [-0.3, -0.25) is 0 Å². The molecule has 1 aromatic carbocycles. The number of nitrogens with zero attached hydrogens (tertiary/aromatic N) is 1. The molecule has 3 nitrogen and oxygen atoms in total. The first-order chi connectivity index (χ1) is 9.10. The van der Waals surface area contributed by atoms with Gasteiger partial charge in [-0.25, -0.2) is 0 Å². The molecule has 1 aliphatic rings. The number of hydrogen-bond donors (Lipinski definition) is 1. The van der Waals surface area contributed by atoms with Crippen molar-refractivity contribution in [2.24, 2.45) is 11.8 Å². The van der Waals surface area contributed by atoms with E-state index in [-0.39, 0.29) is 6.61 Å². The van der Waals surface area contributed by atoms with Crippen LogP contribution in [0.15, 0.2) is 18.2 Å². The van der Waals surface area contributed by atoms with E-state index in [1.54, 1.807) is 0 Å². The van der Waals surface area contributed by atoms with Crippen LogP contribution in [0, 0.1) is 11.8 Å². The van der Waals surface area contributed by atoms with Gasteiger partial charge in [0.25, 0.3) is 0 Å². The number of fused-ring (bicyclic) bond motifs is 1. The van der Waals surface area contributed by atoms with Crippen molar-refractivity contribution < 1.29 is 9.84 Å². The van der Waals surface area contributed by atoms with E-state index < -0.39 is 0 Å². The van der Waals surface area contributed by atoms with Gasteiger partial charge in [0.05, 0.1) is 6.61 Å². The average Bonchev–Trinajstić information content (AvgIpc) is 2.82. The lowest BCUT2D eigenvalue weighted by Gasteiger charge is -2.25. The molecule has 0 spiro atoms. The summed E-state index contributed by atoms with van der Waals surface area (Å²) in [6.45, 7) is 7.27. The van der Waals surface area contributed by atoms with Crippen molar-refractivity contribution in [2.75, 3.05) is 26.8 Å². The van der Waals surface area contributed by atoms with Gasteiger partial charge >= 0.3 is 0 Å². The van der Waals surface area contributed by atoms with Crippen LogP contribution in [0.2, 0.25) is 0 Å². The van der Waals surface area contributed by atoms with Crippen molar-refractivity contribution in [3.8, 4) is 5.75 Å². The van der Waals surface area contributed by atoms with Gasteiger partial charge in [0, 0.05) is 26.1 Å². The Morgan fingerprint density at radius 1 is 1.37 bits per heavy atom. The van der Waals surface area contributed by atoms with E-state index in [4.69, 9.17) is 4.74 Å². The number of hydrogen-bond acceptors (Lipinski definition) is 3. The highest BCUT2D eigenvalue weighted by molar-refractivity contribution is 5.39. The van der Waals surface area contributed by atoms with E-state index in [2.05, 4.69) is 44.0 Å². The Labute approximate surface area is 116 Å². The van der Waals surface area contributed by atoms with Crippen molar-refractivity contribution in [1.29, 1.82) is 0 Å². The molecule has 1 atom stereocenters. The van der Waals surface area contributed by atoms with E-state index >= 15 is 0 Å². The predicted molar refractivity (Wildman–Crippen MR) is 77.4 cm³/mol. The van der Waals surface area contributed by atoms with Crippen LogP contribution in [0.1, 0.15) is 25.0 Å². The molecule has 0 aromatic heterocycles. The Balaban J connectivity index is 1.93. The Kier molecular flexibility index (Phi) is 4.83. The molecule has 0 aliphatic carbocycles. The Hall–Kier alpha value is -1.06. The number of aliphatic hydroxyl groups excluding tert-OH is 1. The van der Waals surface area contributed by atoms with E-state index in [9.17, 15) is 5.11 Å². The summed E-state index contributed by atoms with van der Waals surface area (Å²) in [5, 5.41) is 9.40. The SMILES string of the molecule is CC(C)C(CO)CN(C)Cc1ccc2c(c1)CCO2. The van der Waals surface area contributed by atoms with Crippen molar-refractivity contribution in [2.45, 2.75) is 26.8 Å². The number of rotatable bonds is 6. The first-order valence-electron chi connectivity index (χ1n) is 7.14. The molecular weight excluding hydrogens is 238 g/mol. The van der Waals surface area contributed by atoms with E-state index in [1.807, 2.05) is 0 Å². The van der Waals surface area contributed by atoms with Gasteiger partial charge in [-0.05, 0) is 36.1 Å². The highest BCUT2D eigenvalue weighted by atomic mass is 16.5. The highest BCUT2D eigenvalue weighted by Crippen LogP contribution is 2.26. The van der Waals surface area contributed by atoms with Gasteiger partial charge < -0.3 is 14.7 Å². The zero-order valence-corrected chi connectivity index (χ0v) is 12.2. The molecule has 1 aromatic rings. The van der Waals surface area contributed by atoms with E-state index in [1.165, 1.54) is 11.1 Å². The minimum absolute atomic E-state index is 0.264. The van der Waals surface area contributed by atoms with Crippen LogP contribution < -0.4 is 4.74 Å². The monoisotopic (exact) mass is 263 g/mol. The summed E-state index contributed by atoms with van der Waals surface area (Å²) in [4.78, 5) is 2.29. The highest BCUT2D eigenvalue weighted by Gasteiger charge is 2.16. The molecule has 2 rings (SSSR count). The summed E-state index contributed by atoms with van der Waals surface area (Å²) in [6.07, 6.45) is 1.03. The predicted octanol–water partition coefficient (Wildman–Crippen LogP) is 2.32. The second-order valence-corrected chi connectivity index (χ2v) is 5.92. The molecule has 0 amide bonds. The van der Waals surface area contributed by atoms with Crippen LogP contribution in [0.3, 0.4) is 0 Å². The number of aliphatic hydroxyl groups is 1. The first-order valence-corrected chi connectivity index (χ1v) is 7.14. The lowest BCUT2D eigenvalue weighted by atomic mass is 9.96. The van der Waals surface area contributed by atoms with Gasteiger partial charge in [0.2, 0.25) is 0 Å². The molecule has 1 aliphatic heterocycles. The fourth-order valence-corrected chi connectivity index (χ4v) is 2.59. The maximum atomic E-state index is 9.40. The summed E-state index contributed by atoms with van der Waals surface area (Å²) in [7, 11) is 2.12. The molecule has 106 valence electrons. The fourth-order valence-electron chi connectivity index (χ4n) is 2.59. The van der Waals surface area contributed by atoms with E-state index in [0.29, 0.717) is 11.8 Å². The van der Waals surface area contributed by atoms with Gasteiger partial charge in [-0.1, -0.05) is 26.0 Å². The second kappa shape index (κ2) is 6.40. The molecule has 0 saturated carbocycles. The van der Waals surface area contributed by atoms with Crippen molar-refractivity contribution in [3.63, 3.8) is 0 Å². The molecule has 1 heterocycles. The smallest absolute Gasteiger partial charge is 0.122 e. The van der Waals surface area contributed by atoms with Crippen LogP contribution in [0.4, 0.5) is 0 Å². The quantitative estimate of drug-likeness (QED) is 0.855. The molecule has 1 unspecified atom stereocenters. The molecule has 3 heteroatoms. The molecule has 1 N–H and O–H groups in total. The van der Waals surface area contributed by atoms with Gasteiger partial charge in [-0.2, -0.15) is 0 Å². The third-order valence-corrected chi connectivity index (χ3v) is 3.93. The molecular formula is C16H25NO2. The van der Waals surface area contributed by atoms with Crippen molar-refractivity contribution >= 4 is 0 Å². The minimum Gasteiger partial charge on any atom is -0.493 e. The number of benzene rings is 1. The van der Waals surface area contributed by atoms with Crippen LogP contribution in [0.5, 0.6) is 5.75 Å². The maximum absolute atomic E-state index is 9.40. The zero-order valence-electron chi connectivity index (χ0n) is 12.2. The van der Waals surface area contributed by atoms with Crippen LogP contribution in [0.25, 0.3) is 0 Å². The standard InChI is InChI=1S/C16H25NO2/c1-12(2)15(11-18)10-17(3)9-13-4-5-16-14(8-13)6-7-19-16/h4-5,8,12,15,18H,6-7,9-11H2,1-3H3. The summed E-state index contributed by atoms with van der Waals surface area (Å²) in [5.74, 6) is 1.91. The molecule has 0 bridgehead atoms. The molecule has 0 saturated heterocycles. The van der Waals surface area contributed by atoms with Crippen molar-refractivity contribution in [1.82, 2.24) is 4.90 Å². The first kappa shape index (κ1) is 14.4. The van der Waals surface area contributed by atoms with Crippen LogP contribution >= 0.6 is 0 Å². The largest absolute Gasteiger partial charge is 0.493 e. The van der Waals surface area contributed by atoms with Gasteiger partial charge in [0.1, 0.15) is 5.75 Å². The zero-order chi connectivity index (χ0) is 13.8. The maximum Gasteiger partial charge on any atom is 0.122 e. The summed E-state index contributed by atoms with van der Waals surface area (Å²) in [6, 6.07) is 6.48. The Bertz CT molecular complexity index is 417. The van der Waals surface area contributed by atoms with Crippen LogP contribution in [-0.2, 0) is 13.0 Å². The summed E-state index contributed by atoms with van der Waals surface area (Å²) < 4.78 is 5.53. The summed E-state index contributed by atoms with van der Waals surface area (Å²) in [5.41, 5.74) is 2.65. The Morgan fingerprint density at radius 2 is 2.16 bits per heavy atom. The summed E-state index contributed by atoms with van der Waals surface area (Å²) >= 11 is 0. The number of ether oxygens (including phenoxy) is 1. The third-order valence-electron chi connectivity index (χ3n) is 3.93. The Morgan fingerprint density at radius 3 is 2.84 bits per heavy atom. The second-order valence-electron chi connectivity index (χ2n) is 5.92. The van der Waals surface area contributed by atoms with Gasteiger partial charge in [-0.15, -0.1) is 0 Å². The van der Waals surface area contributed by atoms with E-state index in [0.717, 1.165) is 31.9 Å². The fraction of sp³-hybridized carbons (Fsp3) is 0.625. The topological polar surface area (TPSA) is 32.7 Å². The molecule has 0 fully saturated rings. The molecule has 19 heavy (non-hydrogen) atoms. The average molecular weight is 263 g/mol. The normalized spacial score (nSPS) is 15.7. The van der Waals surface area contributed by atoms with Crippen molar-refractivity contribution in [3.05, 3.63) is 29.3 Å². The minimum atomic E-state index is 0.264. The lowest BCUT2D eigenvalue weighted by Crippen LogP contribution is -2.30. The third kappa shape index (κ3) is 3.71. The lowest BCUT2D eigenvalue weighted by molar-refractivity contribution is 0.143. The van der Waals surface area contributed by atoms with Crippen LogP contribution in [-0.4, -0.2) is 36.8 Å². The molecule has 0 radical (unpaired) electrons. The van der Waals surface area contributed by atoms with Gasteiger partial charge in [0.15, 0.2) is 0 Å².